The number of aliphatic hydroxyl groups excluding tert-OH is 10. The summed E-state index contributed by atoms with van der Waals surface area (Å²) in [5.74, 6) is 0. The average molecular weight is 618 g/mol. The third-order valence-corrected chi connectivity index (χ3v) is 8.77. The highest BCUT2D eigenvalue weighted by atomic mass is 16.4. The van der Waals surface area contributed by atoms with E-state index in [0.717, 1.165) is 11.4 Å². The summed E-state index contributed by atoms with van der Waals surface area (Å²) in [6.07, 6.45) is -14.4. The number of anilines is 1. The first-order chi connectivity index (χ1) is 20.4. The Kier molecular flexibility index (Phi) is 12.7. The van der Waals surface area contributed by atoms with Crippen LogP contribution in [0.4, 0.5) is 16.2 Å². The molecule has 2 heterocycles. The van der Waals surface area contributed by atoms with Crippen molar-refractivity contribution in [2.45, 2.75) is 81.7 Å². The summed E-state index contributed by atoms with van der Waals surface area (Å²) in [7, 11) is 0. The van der Waals surface area contributed by atoms with Crippen LogP contribution in [0.25, 0.3) is 0 Å². The van der Waals surface area contributed by atoms with Gasteiger partial charge in [0.2, 0.25) is 0 Å². The molecule has 1 saturated heterocycles. The van der Waals surface area contributed by atoms with Gasteiger partial charge in [-0.3, -0.25) is 9.80 Å². The summed E-state index contributed by atoms with van der Waals surface area (Å²) in [6.45, 7) is 3.13. The summed E-state index contributed by atoms with van der Waals surface area (Å²) in [4.78, 5) is 19.6. The van der Waals surface area contributed by atoms with E-state index in [4.69, 9.17) is 10.2 Å². The zero-order valence-electron chi connectivity index (χ0n) is 24.7. The molecule has 1 fully saturated rings. The fraction of sp³-hybridized carbons (Fsp3) is 0.750. The number of hydrogen-bond donors (Lipinski definition) is 10. The number of fused-ring (bicyclic) bond motifs is 1. The highest BCUT2D eigenvalue weighted by Gasteiger charge is 2.52. The van der Waals surface area contributed by atoms with E-state index in [2.05, 4.69) is 4.90 Å². The van der Waals surface area contributed by atoms with Gasteiger partial charge in [-0.25, -0.2) is 4.79 Å². The first kappa shape index (κ1) is 35.5. The van der Waals surface area contributed by atoms with Crippen LogP contribution in [0.3, 0.4) is 0 Å². The Morgan fingerprint density at radius 1 is 0.860 bits per heavy atom. The van der Waals surface area contributed by atoms with Crippen molar-refractivity contribution in [1.29, 1.82) is 0 Å². The lowest BCUT2D eigenvalue weighted by Gasteiger charge is -2.41. The second kappa shape index (κ2) is 15.3. The Morgan fingerprint density at radius 3 is 1.86 bits per heavy atom. The smallest absolute Gasteiger partial charge is 0.394 e. The van der Waals surface area contributed by atoms with Crippen molar-refractivity contribution < 1.29 is 55.9 Å². The maximum Gasteiger partial charge on any atom is 0.427 e. The van der Waals surface area contributed by atoms with Crippen molar-refractivity contribution in [3.63, 3.8) is 0 Å². The molecule has 1 unspecified atom stereocenters. The highest BCUT2D eigenvalue weighted by Crippen LogP contribution is 2.43. The fourth-order valence-corrected chi connectivity index (χ4v) is 6.12. The number of carbonyl (C=O) groups is 1. The zero-order valence-corrected chi connectivity index (χ0v) is 24.7. The van der Waals surface area contributed by atoms with Crippen molar-refractivity contribution in [3.05, 3.63) is 24.3 Å². The van der Waals surface area contributed by atoms with Gasteiger partial charge in [0.1, 0.15) is 42.3 Å². The summed E-state index contributed by atoms with van der Waals surface area (Å²) in [6, 6.07) is 7.43. The number of aliphatic hydroxyl groups is 10. The van der Waals surface area contributed by atoms with Crippen molar-refractivity contribution in [3.8, 4) is 0 Å². The summed E-state index contributed by atoms with van der Waals surface area (Å²) < 4.78 is -0.00643. The number of hydrogen-bond acceptors (Lipinski definition) is 13. The van der Waals surface area contributed by atoms with Gasteiger partial charge in [-0.15, -0.1) is 0 Å². The molecule has 0 bridgehead atoms. The number of benzene rings is 1. The molecule has 2 aliphatic heterocycles. The Labute approximate surface area is 251 Å². The van der Waals surface area contributed by atoms with Crippen LogP contribution in [-0.2, 0) is 0 Å². The lowest BCUT2D eigenvalue weighted by Crippen LogP contribution is -2.64. The molecule has 43 heavy (non-hydrogen) atoms. The predicted molar refractivity (Wildman–Crippen MR) is 156 cm³/mol. The van der Waals surface area contributed by atoms with Gasteiger partial charge in [-0.2, -0.15) is 4.48 Å². The summed E-state index contributed by atoms with van der Waals surface area (Å²) in [5.41, 5.74) is 1.78. The van der Waals surface area contributed by atoms with E-state index in [1.807, 2.05) is 38.1 Å². The number of urea groups is 1. The Hall–Kier alpha value is -1.99. The zero-order chi connectivity index (χ0) is 32.1. The van der Waals surface area contributed by atoms with E-state index in [1.54, 1.807) is 4.90 Å². The molecule has 10 N–H and O–H groups in total. The second-order valence-corrected chi connectivity index (χ2v) is 11.4. The molecule has 10 atom stereocenters. The van der Waals surface area contributed by atoms with Crippen molar-refractivity contribution in [2.75, 3.05) is 57.5 Å². The molecule has 1 aromatic rings. The normalized spacial score (nSPS) is 26.1. The van der Waals surface area contributed by atoms with Gasteiger partial charge in [0.25, 0.3) is 0 Å². The first-order valence-electron chi connectivity index (χ1n) is 14.8. The molecule has 0 aromatic heterocycles. The van der Waals surface area contributed by atoms with Crippen molar-refractivity contribution in [2.24, 2.45) is 0 Å². The first-order valence-corrected chi connectivity index (χ1v) is 14.8. The minimum Gasteiger partial charge on any atom is -0.394 e. The number of rotatable bonds is 15. The summed E-state index contributed by atoms with van der Waals surface area (Å²) in [5, 5.41) is 101. The molecule has 3 rings (SSSR count). The van der Waals surface area contributed by atoms with Gasteiger partial charge in [0, 0.05) is 32.2 Å². The van der Waals surface area contributed by atoms with Crippen LogP contribution in [0, 0.1) is 0 Å². The highest BCUT2D eigenvalue weighted by molar-refractivity contribution is 5.94. The Balaban J connectivity index is 1.94. The molecule has 0 aliphatic carbocycles. The molecule has 0 spiro atoms. The van der Waals surface area contributed by atoms with Crippen LogP contribution in [0.5, 0.6) is 0 Å². The van der Waals surface area contributed by atoms with Crippen LogP contribution in [0.15, 0.2) is 24.3 Å². The quantitative estimate of drug-likeness (QED) is 0.0864. The van der Waals surface area contributed by atoms with Gasteiger partial charge in [0.15, 0.2) is 12.4 Å². The van der Waals surface area contributed by atoms with Crippen molar-refractivity contribution in [1.82, 2.24) is 14.3 Å². The van der Waals surface area contributed by atoms with E-state index in [0.29, 0.717) is 39.1 Å². The van der Waals surface area contributed by atoms with Crippen molar-refractivity contribution >= 4 is 17.4 Å². The Morgan fingerprint density at radius 2 is 1.37 bits per heavy atom. The monoisotopic (exact) mass is 617 g/mol. The van der Waals surface area contributed by atoms with Gasteiger partial charge in [0.05, 0.1) is 38.1 Å². The number of quaternary nitrogens is 1. The lowest BCUT2D eigenvalue weighted by molar-refractivity contribution is -0.136. The number of para-hydroxylation sites is 2. The lowest BCUT2D eigenvalue weighted by atomic mass is 10.0. The van der Waals surface area contributed by atoms with Gasteiger partial charge < -0.3 is 56.0 Å². The third kappa shape index (κ3) is 7.30. The SMILES string of the molecule is CCN1C[N@+](CC)(C(=O)N2CCCC2N(C[C@H](O)[C@@H](O)[C@H](O)[C@H](O)CO)C[C@H](O)[C@@H](O)[C@H](O)[C@H](O)CO)c2ccccc21. The second-order valence-electron chi connectivity index (χ2n) is 11.4. The van der Waals surface area contributed by atoms with Gasteiger partial charge in [-0.1, -0.05) is 12.1 Å². The minimum absolute atomic E-state index is 0.00643. The van der Waals surface area contributed by atoms with Crippen LogP contribution < -0.4 is 9.38 Å². The van der Waals surface area contributed by atoms with E-state index in [9.17, 15) is 45.6 Å². The molecule has 15 nitrogen and oxygen atoms in total. The molecule has 246 valence electrons. The van der Waals surface area contributed by atoms with Gasteiger partial charge in [-0.05, 0) is 32.8 Å². The molecule has 0 radical (unpaired) electrons. The largest absolute Gasteiger partial charge is 0.427 e. The topological polar surface area (TPSA) is 229 Å². The van der Waals surface area contributed by atoms with E-state index in [-0.39, 0.29) is 10.5 Å². The number of amides is 2. The summed E-state index contributed by atoms with van der Waals surface area (Å²) >= 11 is 0. The van der Waals surface area contributed by atoms with Crippen LogP contribution in [0.2, 0.25) is 0 Å². The van der Waals surface area contributed by atoms with Crippen LogP contribution in [-0.4, -0.2) is 174 Å². The fourth-order valence-electron chi connectivity index (χ4n) is 6.12. The molecular formula is C28H49N4O11+. The maximum absolute atomic E-state index is 14.5. The molecule has 1 aromatic carbocycles. The third-order valence-electron chi connectivity index (χ3n) is 8.77. The van der Waals surface area contributed by atoms with Gasteiger partial charge >= 0.3 is 6.03 Å². The van der Waals surface area contributed by atoms with E-state index in [1.165, 1.54) is 4.90 Å². The standard InChI is InChI=1S/C28H49N4O11/c1-3-29-16-32(4-2,18-9-6-5-8-17(18)29)28(43)31-11-7-10-23(31)30(12-19(35)24(39)26(41)21(37)14-33)13-20(36)25(40)27(42)22(38)15-34/h5-6,8-9,19-27,33-42H,3-4,7,10-16H2,1-2H3/q+1/t19-,20-,21+,22+,23?,24+,25+,26+,27+,32-/m0/s1. The molecule has 2 amide bonds. The molecule has 2 aliphatic rings. The van der Waals surface area contributed by atoms with E-state index >= 15 is 0 Å². The number of nitrogens with zero attached hydrogens (tertiary/aromatic N) is 4. The molecular weight excluding hydrogens is 568 g/mol. The predicted octanol–water partition coefficient (Wildman–Crippen LogP) is -3.47. The molecule has 15 heteroatoms. The van der Waals surface area contributed by atoms with Crippen LogP contribution >= 0.6 is 0 Å². The van der Waals surface area contributed by atoms with E-state index < -0.39 is 81.3 Å². The Bertz CT molecular complexity index is 1010. The number of carbonyl (C=O) groups excluding carboxylic acids is 1. The molecule has 0 saturated carbocycles. The maximum atomic E-state index is 14.5. The number of likely N-dealkylation sites (tertiary alicyclic amines) is 1. The average Bonchev–Trinajstić information content (AvgIpc) is 3.65. The van der Waals surface area contributed by atoms with Crippen LogP contribution in [0.1, 0.15) is 26.7 Å². The minimum atomic E-state index is -1.92.